The summed E-state index contributed by atoms with van der Waals surface area (Å²) in [6.07, 6.45) is 1.50. The number of pyridine rings is 1. The molecule has 0 spiro atoms. The normalized spacial score (nSPS) is 11.1. The molecule has 2 amide bonds. The van der Waals surface area contributed by atoms with Crippen LogP contribution in [-0.4, -0.2) is 29.2 Å². The van der Waals surface area contributed by atoms with E-state index in [0.717, 1.165) is 5.56 Å². The molecule has 0 atom stereocenters. The average molecular weight is 428 g/mol. The maximum absolute atomic E-state index is 12.8. The van der Waals surface area contributed by atoms with Gasteiger partial charge in [-0.2, -0.15) is 5.10 Å². The fraction of sp³-hybridized carbons (Fsp3) is 0.0833. The van der Waals surface area contributed by atoms with Crippen molar-refractivity contribution in [3.05, 3.63) is 88.6 Å². The lowest BCUT2D eigenvalue weighted by atomic mass is 10.1. The zero-order valence-corrected chi connectivity index (χ0v) is 17.0. The summed E-state index contributed by atoms with van der Waals surface area (Å²) in [7, 11) is 0. The number of para-hydroxylation sites is 2. The third-order valence-corrected chi connectivity index (χ3v) is 4.84. The number of benzene rings is 3. The molecule has 0 unspecified atom stereocenters. The first kappa shape index (κ1) is 20.8. The lowest BCUT2D eigenvalue weighted by Gasteiger charge is -2.14. The Hall–Kier alpha value is -4.46. The number of nitrogens with one attached hydrogen (secondary N) is 1. The molecule has 32 heavy (non-hydrogen) atoms. The SMILES string of the molecule is NC(=O)COc1ccc(/C=N\NC(=O)Cn2c3ccccc3c(=O)c3ccccc32)cc1. The molecule has 3 N–H and O–H groups in total. The zero-order valence-electron chi connectivity index (χ0n) is 17.0. The van der Waals surface area contributed by atoms with Gasteiger partial charge in [0, 0.05) is 10.8 Å². The van der Waals surface area contributed by atoms with Crippen molar-refractivity contribution in [2.45, 2.75) is 6.54 Å². The van der Waals surface area contributed by atoms with E-state index in [9.17, 15) is 14.4 Å². The Labute approximate surface area is 182 Å². The van der Waals surface area contributed by atoms with Gasteiger partial charge in [0.25, 0.3) is 11.8 Å². The number of hydrogen-bond acceptors (Lipinski definition) is 5. The van der Waals surface area contributed by atoms with Crippen molar-refractivity contribution in [3.8, 4) is 5.75 Å². The number of rotatable bonds is 7. The molecule has 0 saturated carbocycles. The molecular weight excluding hydrogens is 408 g/mol. The minimum Gasteiger partial charge on any atom is -0.484 e. The van der Waals surface area contributed by atoms with E-state index in [-0.39, 0.29) is 24.5 Å². The molecule has 1 aromatic heterocycles. The van der Waals surface area contributed by atoms with Crippen LogP contribution in [0, 0.1) is 0 Å². The molecule has 3 aromatic carbocycles. The Balaban J connectivity index is 1.50. The third kappa shape index (κ3) is 4.49. The lowest BCUT2D eigenvalue weighted by molar-refractivity contribution is -0.121. The first-order valence-corrected chi connectivity index (χ1v) is 9.86. The van der Waals surface area contributed by atoms with Crippen molar-refractivity contribution in [2.75, 3.05) is 6.61 Å². The molecule has 0 aliphatic heterocycles. The monoisotopic (exact) mass is 428 g/mol. The van der Waals surface area contributed by atoms with Crippen LogP contribution in [-0.2, 0) is 16.1 Å². The van der Waals surface area contributed by atoms with E-state index >= 15 is 0 Å². The third-order valence-electron chi connectivity index (χ3n) is 4.84. The van der Waals surface area contributed by atoms with Crippen molar-refractivity contribution >= 4 is 39.8 Å². The molecule has 4 rings (SSSR count). The van der Waals surface area contributed by atoms with Gasteiger partial charge in [-0.25, -0.2) is 5.43 Å². The van der Waals surface area contributed by atoms with Gasteiger partial charge in [-0.3, -0.25) is 14.4 Å². The number of amides is 2. The number of nitrogens with two attached hydrogens (primary N) is 1. The zero-order chi connectivity index (χ0) is 22.5. The van der Waals surface area contributed by atoms with E-state index in [0.29, 0.717) is 27.6 Å². The molecule has 8 heteroatoms. The van der Waals surface area contributed by atoms with Gasteiger partial charge >= 0.3 is 0 Å². The highest BCUT2D eigenvalue weighted by atomic mass is 16.5. The summed E-state index contributed by atoms with van der Waals surface area (Å²) in [5.41, 5.74) is 9.60. The summed E-state index contributed by atoms with van der Waals surface area (Å²) in [5, 5.41) is 5.12. The second kappa shape index (κ2) is 9.13. The summed E-state index contributed by atoms with van der Waals surface area (Å²) < 4.78 is 7.00. The lowest BCUT2D eigenvalue weighted by Crippen LogP contribution is -2.25. The van der Waals surface area contributed by atoms with Gasteiger partial charge in [-0.1, -0.05) is 24.3 Å². The number of hydrogen-bond donors (Lipinski definition) is 2. The second-order valence-electron chi connectivity index (χ2n) is 7.07. The Morgan fingerprint density at radius 3 is 2.12 bits per heavy atom. The highest BCUT2D eigenvalue weighted by molar-refractivity contribution is 5.95. The quantitative estimate of drug-likeness (QED) is 0.267. The predicted octanol–water partition coefficient (Wildman–Crippen LogP) is 2.17. The molecule has 0 radical (unpaired) electrons. The molecule has 0 bridgehead atoms. The maximum Gasteiger partial charge on any atom is 0.260 e. The Bertz CT molecular complexity index is 1330. The van der Waals surface area contributed by atoms with Gasteiger partial charge in [0.1, 0.15) is 12.3 Å². The van der Waals surface area contributed by atoms with Crippen LogP contribution in [0.4, 0.5) is 0 Å². The summed E-state index contributed by atoms with van der Waals surface area (Å²) in [4.78, 5) is 36.1. The van der Waals surface area contributed by atoms with Crippen molar-refractivity contribution in [1.29, 1.82) is 0 Å². The minimum absolute atomic E-state index is 0.00145. The van der Waals surface area contributed by atoms with Gasteiger partial charge < -0.3 is 15.0 Å². The highest BCUT2D eigenvalue weighted by Gasteiger charge is 2.12. The van der Waals surface area contributed by atoms with E-state index in [1.165, 1.54) is 6.21 Å². The minimum atomic E-state index is -0.554. The van der Waals surface area contributed by atoms with E-state index in [1.54, 1.807) is 48.5 Å². The fourth-order valence-corrected chi connectivity index (χ4v) is 3.41. The standard InChI is InChI=1S/C24H20N4O4/c25-22(29)15-32-17-11-9-16(10-12-17)13-26-27-23(30)14-28-20-7-3-1-5-18(20)24(31)19-6-2-4-8-21(19)28/h1-13H,14-15H2,(H2,25,29)(H,27,30)/b26-13-. The van der Waals surface area contributed by atoms with Crippen LogP contribution < -0.4 is 21.3 Å². The molecule has 0 aliphatic carbocycles. The number of aromatic nitrogens is 1. The largest absolute Gasteiger partial charge is 0.484 e. The van der Waals surface area contributed by atoms with Crippen molar-refractivity contribution in [2.24, 2.45) is 10.8 Å². The van der Waals surface area contributed by atoms with E-state index < -0.39 is 5.91 Å². The smallest absolute Gasteiger partial charge is 0.260 e. The van der Waals surface area contributed by atoms with Crippen LogP contribution in [0.1, 0.15) is 5.56 Å². The Morgan fingerprint density at radius 1 is 0.938 bits per heavy atom. The number of nitrogens with zero attached hydrogens (tertiary/aromatic N) is 2. The molecule has 0 aliphatic rings. The number of ether oxygens (including phenoxy) is 1. The maximum atomic E-state index is 12.8. The topological polar surface area (TPSA) is 116 Å². The van der Waals surface area contributed by atoms with E-state index in [4.69, 9.17) is 10.5 Å². The van der Waals surface area contributed by atoms with E-state index in [1.807, 2.05) is 28.8 Å². The molecule has 1 heterocycles. The van der Waals surface area contributed by atoms with Crippen LogP contribution >= 0.6 is 0 Å². The first-order chi connectivity index (χ1) is 15.5. The summed E-state index contributed by atoms with van der Waals surface area (Å²) in [5.74, 6) is -0.384. The number of primary amides is 1. The summed E-state index contributed by atoms with van der Waals surface area (Å²) in [6, 6.07) is 21.2. The molecular formula is C24H20N4O4. The van der Waals surface area contributed by atoms with E-state index in [2.05, 4.69) is 10.5 Å². The number of fused-ring (bicyclic) bond motifs is 2. The van der Waals surface area contributed by atoms with Gasteiger partial charge in [-0.15, -0.1) is 0 Å². The average Bonchev–Trinajstić information content (AvgIpc) is 2.81. The second-order valence-corrected chi connectivity index (χ2v) is 7.07. The summed E-state index contributed by atoms with van der Waals surface area (Å²) >= 11 is 0. The predicted molar refractivity (Wildman–Crippen MR) is 123 cm³/mol. The Kier molecular flexibility index (Phi) is 5.94. The van der Waals surface area contributed by atoms with Gasteiger partial charge in [0.2, 0.25) is 0 Å². The molecule has 0 fully saturated rings. The molecule has 0 saturated heterocycles. The van der Waals surface area contributed by atoms with Crippen LogP contribution in [0.25, 0.3) is 21.8 Å². The number of carbonyl (C=O) groups is 2. The van der Waals surface area contributed by atoms with Crippen molar-refractivity contribution in [1.82, 2.24) is 9.99 Å². The van der Waals surface area contributed by atoms with Crippen LogP contribution in [0.3, 0.4) is 0 Å². The van der Waals surface area contributed by atoms with Crippen molar-refractivity contribution < 1.29 is 14.3 Å². The molecule has 160 valence electrons. The highest BCUT2D eigenvalue weighted by Crippen LogP contribution is 2.19. The van der Waals surface area contributed by atoms with Crippen LogP contribution in [0.2, 0.25) is 0 Å². The van der Waals surface area contributed by atoms with Gasteiger partial charge in [-0.05, 0) is 54.1 Å². The molecule has 8 nitrogen and oxygen atoms in total. The number of hydrazone groups is 1. The van der Waals surface area contributed by atoms with Crippen molar-refractivity contribution in [3.63, 3.8) is 0 Å². The first-order valence-electron chi connectivity index (χ1n) is 9.86. The Morgan fingerprint density at radius 2 is 1.53 bits per heavy atom. The van der Waals surface area contributed by atoms with Crippen LogP contribution in [0.15, 0.2) is 82.7 Å². The van der Waals surface area contributed by atoms with Gasteiger partial charge in [0.15, 0.2) is 12.0 Å². The summed E-state index contributed by atoms with van der Waals surface area (Å²) in [6.45, 7) is -0.198. The molecule has 4 aromatic rings. The number of carbonyl (C=O) groups excluding carboxylic acids is 2. The fourth-order valence-electron chi connectivity index (χ4n) is 3.41. The van der Waals surface area contributed by atoms with Crippen LogP contribution in [0.5, 0.6) is 5.75 Å². The van der Waals surface area contributed by atoms with Gasteiger partial charge in [0.05, 0.1) is 17.2 Å².